The molecule has 0 atom stereocenters. The van der Waals surface area contributed by atoms with Crippen LogP contribution in [0.4, 0.5) is 0 Å². The van der Waals surface area contributed by atoms with Gasteiger partial charge in [-0.3, -0.25) is 4.98 Å². The summed E-state index contributed by atoms with van der Waals surface area (Å²) in [4.78, 5) is 4.09. The molecule has 0 bridgehead atoms. The van der Waals surface area contributed by atoms with Gasteiger partial charge in [0.25, 0.3) is 0 Å². The van der Waals surface area contributed by atoms with Crippen molar-refractivity contribution in [3.63, 3.8) is 0 Å². The van der Waals surface area contributed by atoms with Crippen LogP contribution in [-0.4, -0.2) is 4.98 Å². The molecule has 0 saturated carbocycles. The summed E-state index contributed by atoms with van der Waals surface area (Å²) in [6.45, 7) is 1.92. The standard InChI is InChI=1S/C8H7Br2N/c1-6-2-3-7(5-11-6)4-8(9)10/h2-5H,1H3/i4D. The number of rotatable bonds is 1. The van der Waals surface area contributed by atoms with Crippen LogP contribution < -0.4 is 0 Å². The predicted molar refractivity (Wildman–Crippen MR) is 54.8 cm³/mol. The van der Waals surface area contributed by atoms with Crippen LogP contribution in [0, 0.1) is 6.92 Å². The normalized spacial score (nSPS) is 10.6. The highest BCUT2D eigenvalue weighted by molar-refractivity contribution is 9.28. The molecule has 0 saturated heterocycles. The number of halogens is 2. The average Bonchev–Trinajstić information content (AvgIpc) is 2.04. The molecule has 0 aliphatic rings. The van der Waals surface area contributed by atoms with E-state index in [1.165, 1.54) is 0 Å². The molecule has 1 aromatic rings. The molecule has 0 aromatic carbocycles. The average molecular weight is 278 g/mol. The van der Waals surface area contributed by atoms with Gasteiger partial charge in [0.15, 0.2) is 0 Å². The summed E-state index contributed by atoms with van der Waals surface area (Å²) in [6, 6.07) is 4.16. The minimum atomic E-state index is 0.405. The third-order valence-electron chi connectivity index (χ3n) is 1.15. The molecule has 0 aliphatic heterocycles. The minimum Gasteiger partial charge on any atom is -0.261 e. The van der Waals surface area contributed by atoms with E-state index in [2.05, 4.69) is 36.8 Å². The first-order chi connectivity index (χ1) is 5.61. The van der Waals surface area contributed by atoms with Crippen molar-refractivity contribution in [2.75, 3.05) is 0 Å². The summed E-state index contributed by atoms with van der Waals surface area (Å²) < 4.78 is 8.22. The van der Waals surface area contributed by atoms with E-state index in [-0.39, 0.29) is 0 Å². The molecule has 1 heterocycles. The van der Waals surface area contributed by atoms with Crippen molar-refractivity contribution in [1.82, 2.24) is 4.98 Å². The lowest BCUT2D eigenvalue weighted by molar-refractivity contribution is 1.19. The summed E-state index contributed by atoms with van der Waals surface area (Å²) >= 11 is 6.35. The molecular formula is C8H7Br2N. The Kier molecular flexibility index (Phi) is 2.74. The third-order valence-corrected chi connectivity index (χ3v) is 1.55. The highest BCUT2D eigenvalue weighted by Gasteiger charge is 1.88. The van der Waals surface area contributed by atoms with E-state index in [1.807, 2.05) is 19.1 Å². The molecule has 11 heavy (non-hydrogen) atoms. The predicted octanol–water partition coefficient (Wildman–Crippen LogP) is 3.48. The molecule has 0 aliphatic carbocycles. The number of aromatic nitrogens is 1. The molecule has 1 aromatic heterocycles. The second-order valence-electron chi connectivity index (χ2n) is 2.07. The fraction of sp³-hybridized carbons (Fsp3) is 0.125. The SMILES string of the molecule is [2H]C(=C(Br)Br)c1ccc(C)nc1. The Hall–Kier alpha value is -0.150. The Labute approximate surface area is 84.2 Å². The first kappa shape index (κ1) is 7.50. The van der Waals surface area contributed by atoms with Crippen molar-refractivity contribution in [2.24, 2.45) is 0 Å². The zero-order chi connectivity index (χ0) is 9.14. The van der Waals surface area contributed by atoms with Gasteiger partial charge in [0, 0.05) is 11.9 Å². The smallest absolute Gasteiger partial charge is 0.0647 e. The summed E-state index contributed by atoms with van der Waals surface area (Å²) in [6.07, 6.45) is 1.68. The Morgan fingerprint density at radius 1 is 1.64 bits per heavy atom. The van der Waals surface area contributed by atoms with Crippen LogP contribution in [0.2, 0.25) is 0 Å². The maximum Gasteiger partial charge on any atom is 0.0647 e. The van der Waals surface area contributed by atoms with Gasteiger partial charge in [-0.15, -0.1) is 0 Å². The fourth-order valence-electron chi connectivity index (χ4n) is 0.651. The van der Waals surface area contributed by atoms with Crippen molar-refractivity contribution in [1.29, 1.82) is 0 Å². The van der Waals surface area contributed by atoms with E-state index < -0.39 is 0 Å². The van der Waals surface area contributed by atoms with Crippen LogP contribution in [0.3, 0.4) is 0 Å². The summed E-state index contributed by atoms with van der Waals surface area (Å²) in [5, 5.41) is 0. The van der Waals surface area contributed by atoms with E-state index in [0.717, 1.165) is 11.3 Å². The highest BCUT2D eigenvalue weighted by Crippen LogP contribution is 2.17. The summed E-state index contributed by atoms with van der Waals surface area (Å²) in [5.74, 6) is 0. The van der Waals surface area contributed by atoms with Crippen molar-refractivity contribution >= 4 is 37.9 Å². The molecule has 1 rings (SSSR count). The van der Waals surface area contributed by atoms with Gasteiger partial charge in [-0.25, -0.2) is 0 Å². The van der Waals surface area contributed by atoms with E-state index in [9.17, 15) is 0 Å². The van der Waals surface area contributed by atoms with Crippen LogP contribution in [0.25, 0.3) is 6.05 Å². The molecule has 0 fully saturated rings. The van der Waals surface area contributed by atoms with Crippen molar-refractivity contribution < 1.29 is 1.37 Å². The van der Waals surface area contributed by atoms with E-state index in [0.29, 0.717) is 9.44 Å². The number of hydrogen-bond acceptors (Lipinski definition) is 1. The lowest BCUT2D eigenvalue weighted by Gasteiger charge is -1.93. The van der Waals surface area contributed by atoms with Crippen LogP contribution in [0.5, 0.6) is 0 Å². The fourth-order valence-corrected chi connectivity index (χ4v) is 1.11. The largest absolute Gasteiger partial charge is 0.261 e. The monoisotopic (exact) mass is 276 g/mol. The highest BCUT2D eigenvalue weighted by atomic mass is 79.9. The van der Waals surface area contributed by atoms with Gasteiger partial charge in [0.05, 0.1) is 4.76 Å². The molecule has 0 unspecified atom stereocenters. The minimum absolute atomic E-state index is 0.405. The zero-order valence-electron chi connectivity index (χ0n) is 6.94. The van der Waals surface area contributed by atoms with Crippen molar-refractivity contribution in [3.8, 4) is 0 Å². The van der Waals surface area contributed by atoms with Crippen LogP contribution in [-0.2, 0) is 0 Å². The molecule has 0 spiro atoms. The van der Waals surface area contributed by atoms with E-state index in [1.54, 1.807) is 6.20 Å². The number of aryl methyl sites for hydroxylation is 1. The lowest BCUT2D eigenvalue weighted by Crippen LogP contribution is -1.79. The molecule has 0 radical (unpaired) electrons. The van der Waals surface area contributed by atoms with Gasteiger partial charge in [0.2, 0.25) is 0 Å². The van der Waals surface area contributed by atoms with Gasteiger partial charge >= 0.3 is 0 Å². The second kappa shape index (κ2) is 4.02. The van der Waals surface area contributed by atoms with Crippen LogP contribution >= 0.6 is 31.9 Å². The molecular weight excluding hydrogens is 270 g/mol. The van der Waals surface area contributed by atoms with Crippen LogP contribution in [0.1, 0.15) is 12.6 Å². The summed E-state index contributed by atoms with van der Waals surface area (Å²) in [5.41, 5.74) is 1.75. The molecule has 0 amide bonds. The lowest BCUT2D eigenvalue weighted by atomic mass is 10.2. The Balaban J connectivity index is 3.06. The number of nitrogens with zero attached hydrogens (tertiary/aromatic N) is 1. The topological polar surface area (TPSA) is 12.9 Å². The van der Waals surface area contributed by atoms with Gasteiger partial charge in [0.1, 0.15) is 0 Å². The maximum atomic E-state index is 7.58. The van der Waals surface area contributed by atoms with Gasteiger partial charge in [-0.1, -0.05) is 6.07 Å². The van der Waals surface area contributed by atoms with Gasteiger partial charge in [-0.05, 0) is 56.5 Å². The summed E-state index contributed by atoms with van der Waals surface area (Å²) in [7, 11) is 0. The first-order valence-electron chi connectivity index (χ1n) is 3.56. The zero-order valence-corrected chi connectivity index (χ0v) is 9.11. The molecule has 1 nitrogen and oxygen atoms in total. The Morgan fingerprint density at radius 3 is 2.82 bits per heavy atom. The third kappa shape index (κ3) is 3.16. The Bertz CT molecular complexity index is 301. The second-order valence-corrected chi connectivity index (χ2v) is 4.72. The van der Waals surface area contributed by atoms with E-state index in [4.69, 9.17) is 1.37 Å². The first-order valence-corrected chi connectivity index (χ1v) is 4.65. The number of hydrogen-bond donors (Lipinski definition) is 0. The van der Waals surface area contributed by atoms with Crippen LogP contribution in [0.15, 0.2) is 21.7 Å². The molecule has 58 valence electrons. The van der Waals surface area contributed by atoms with E-state index >= 15 is 0 Å². The maximum absolute atomic E-state index is 7.58. The molecule has 3 heteroatoms. The number of pyridine rings is 1. The Morgan fingerprint density at radius 2 is 2.36 bits per heavy atom. The quantitative estimate of drug-likeness (QED) is 0.766. The molecule has 0 N–H and O–H groups in total. The van der Waals surface area contributed by atoms with Gasteiger partial charge < -0.3 is 0 Å². The van der Waals surface area contributed by atoms with Gasteiger partial charge in [-0.2, -0.15) is 0 Å². The van der Waals surface area contributed by atoms with Crippen molar-refractivity contribution in [3.05, 3.63) is 33.0 Å². The van der Waals surface area contributed by atoms with Crippen molar-refractivity contribution in [2.45, 2.75) is 6.92 Å².